The van der Waals surface area contributed by atoms with Crippen LogP contribution in [0.1, 0.15) is 44.7 Å². The molecule has 0 bridgehead atoms. The lowest BCUT2D eigenvalue weighted by molar-refractivity contribution is -0.121. The minimum Gasteiger partial charge on any atom is -0.497 e. The third-order valence-electron chi connectivity index (χ3n) is 6.80. The van der Waals surface area contributed by atoms with E-state index in [9.17, 15) is 13.2 Å². The number of ether oxygens (including phenoxy) is 2. The van der Waals surface area contributed by atoms with Gasteiger partial charge in [-0.2, -0.15) is 0 Å². The highest BCUT2D eigenvalue weighted by Crippen LogP contribution is 2.42. The van der Waals surface area contributed by atoms with Gasteiger partial charge in [-0.25, -0.2) is 8.42 Å². The molecule has 0 spiro atoms. The quantitative estimate of drug-likeness (QED) is 0.435. The predicted octanol–water partition coefficient (Wildman–Crippen LogP) is 5.09. The zero-order chi connectivity index (χ0) is 25.8. The molecule has 3 aromatic carbocycles. The molecule has 0 fully saturated rings. The van der Waals surface area contributed by atoms with E-state index in [0.717, 1.165) is 28.5 Å². The average Bonchev–Trinajstić information content (AvgIpc) is 2.92. The van der Waals surface area contributed by atoms with Crippen LogP contribution in [0, 0.1) is 0 Å². The van der Waals surface area contributed by atoms with Gasteiger partial charge in [0.2, 0.25) is 5.91 Å². The number of hydrogen-bond donors (Lipinski definition) is 1. The van der Waals surface area contributed by atoms with Crippen molar-refractivity contribution < 1.29 is 22.7 Å². The zero-order valence-electron chi connectivity index (χ0n) is 20.8. The number of nitrogens with one attached hydrogen (secondary N) is 1. The fourth-order valence-electron chi connectivity index (χ4n) is 4.58. The summed E-state index contributed by atoms with van der Waals surface area (Å²) in [5.74, 6) is 0.911. The number of benzene rings is 3. The summed E-state index contributed by atoms with van der Waals surface area (Å²) in [4.78, 5) is 13.5. The van der Waals surface area contributed by atoms with Crippen LogP contribution in [0.3, 0.4) is 0 Å². The van der Waals surface area contributed by atoms with Crippen LogP contribution in [0.15, 0.2) is 83.8 Å². The monoisotopic (exact) mass is 508 g/mol. The molecule has 1 heterocycles. The number of methoxy groups -OCH3 is 1. The number of anilines is 1. The molecule has 0 saturated carbocycles. The summed E-state index contributed by atoms with van der Waals surface area (Å²) in [6.07, 6.45) is 2.21. The van der Waals surface area contributed by atoms with Crippen molar-refractivity contribution in [1.29, 1.82) is 0 Å². The molecule has 190 valence electrons. The second-order valence-electron chi connectivity index (χ2n) is 8.88. The van der Waals surface area contributed by atoms with Gasteiger partial charge in [0.15, 0.2) is 0 Å². The number of amides is 1. The largest absolute Gasteiger partial charge is 0.497 e. The van der Waals surface area contributed by atoms with Crippen LogP contribution in [0.2, 0.25) is 0 Å². The Hall–Kier alpha value is -3.52. The highest BCUT2D eigenvalue weighted by molar-refractivity contribution is 7.92. The van der Waals surface area contributed by atoms with Gasteiger partial charge in [0.1, 0.15) is 23.6 Å². The normalized spacial score (nSPS) is 16.4. The van der Waals surface area contributed by atoms with E-state index in [4.69, 9.17) is 9.47 Å². The second-order valence-corrected chi connectivity index (χ2v) is 10.7. The fourth-order valence-corrected chi connectivity index (χ4v) is 6.01. The van der Waals surface area contributed by atoms with Crippen LogP contribution in [0.5, 0.6) is 11.5 Å². The third kappa shape index (κ3) is 5.18. The predicted molar refractivity (Wildman–Crippen MR) is 140 cm³/mol. The first-order valence-corrected chi connectivity index (χ1v) is 13.5. The van der Waals surface area contributed by atoms with Gasteiger partial charge >= 0.3 is 0 Å². The van der Waals surface area contributed by atoms with Crippen molar-refractivity contribution >= 4 is 21.6 Å². The molecule has 1 aliphatic rings. The highest BCUT2D eigenvalue weighted by Gasteiger charge is 2.39. The molecule has 1 aliphatic heterocycles. The van der Waals surface area contributed by atoms with Crippen molar-refractivity contribution in [3.63, 3.8) is 0 Å². The van der Waals surface area contributed by atoms with Crippen molar-refractivity contribution in [1.82, 2.24) is 5.32 Å². The molecule has 4 rings (SSSR count). The number of carbonyl (C=O) groups is 1. The minimum absolute atomic E-state index is 0.0762. The molecule has 7 nitrogen and oxygen atoms in total. The molecule has 1 atom stereocenters. The first kappa shape index (κ1) is 25.6. The van der Waals surface area contributed by atoms with E-state index in [1.54, 1.807) is 42.5 Å². The highest BCUT2D eigenvalue weighted by atomic mass is 32.2. The third-order valence-corrected chi connectivity index (χ3v) is 8.59. The smallest absolute Gasteiger partial charge is 0.264 e. The van der Waals surface area contributed by atoms with Gasteiger partial charge in [-0.1, -0.05) is 50.2 Å². The standard InChI is InChI=1S/C28H32N2O5S/c1-4-28(5-2)19-25(24-13-9-10-14-26(24)35-28)29-27(31)20-30(21-11-7-6-8-12-21)36(32,33)23-17-15-22(34-3)16-18-23/h6-18,25H,4-5,19-20H2,1-3H3,(H,29,31)/t25-/m1/s1. The number of para-hydroxylation sites is 2. The molecule has 8 heteroatoms. The Kier molecular flexibility index (Phi) is 7.54. The number of fused-ring (bicyclic) bond motifs is 1. The molecule has 1 amide bonds. The molecule has 3 aromatic rings. The first-order chi connectivity index (χ1) is 17.3. The Bertz CT molecular complexity index is 1290. The molecule has 0 radical (unpaired) electrons. The van der Waals surface area contributed by atoms with Crippen molar-refractivity contribution in [2.24, 2.45) is 0 Å². The zero-order valence-corrected chi connectivity index (χ0v) is 21.6. The first-order valence-electron chi connectivity index (χ1n) is 12.1. The lowest BCUT2D eigenvalue weighted by Gasteiger charge is -2.41. The maximum Gasteiger partial charge on any atom is 0.264 e. The Balaban J connectivity index is 1.63. The molecule has 0 aromatic heterocycles. The van der Waals surface area contributed by atoms with E-state index in [1.165, 1.54) is 19.2 Å². The summed E-state index contributed by atoms with van der Waals surface area (Å²) in [6, 6.07) is 22.2. The molecular formula is C28H32N2O5S. The van der Waals surface area contributed by atoms with E-state index in [-0.39, 0.29) is 23.1 Å². The number of hydrogen-bond acceptors (Lipinski definition) is 5. The van der Waals surface area contributed by atoms with Gasteiger partial charge in [-0.3, -0.25) is 9.10 Å². The number of rotatable bonds is 9. The van der Waals surface area contributed by atoms with E-state index in [2.05, 4.69) is 19.2 Å². The van der Waals surface area contributed by atoms with Gasteiger partial charge in [-0.15, -0.1) is 0 Å². The Labute approximate surface area is 213 Å². The van der Waals surface area contributed by atoms with Crippen molar-refractivity contribution in [2.45, 2.75) is 49.6 Å². The molecule has 1 N–H and O–H groups in total. The summed E-state index contributed by atoms with van der Waals surface area (Å²) < 4.78 is 39.9. The Morgan fingerprint density at radius 1 is 1.00 bits per heavy atom. The SMILES string of the molecule is CCC1(CC)C[C@@H](NC(=O)CN(c2ccccc2)S(=O)(=O)c2ccc(OC)cc2)c2ccccc2O1. The number of nitrogens with zero attached hydrogens (tertiary/aromatic N) is 1. The minimum atomic E-state index is -4.02. The molecular weight excluding hydrogens is 476 g/mol. The molecule has 0 unspecified atom stereocenters. The van der Waals surface area contributed by atoms with Crippen LogP contribution in [-0.2, 0) is 14.8 Å². The van der Waals surface area contributed by atoms with Gasteiger partial charge in [0.25, 0.3) is 10.0 Å². The summed E-state index contributed by atoms with van der Waals surface area (Å²) >= 11 is 0. The lowest BCUT2D eigenvalue weighted by Crippen LogP contribution is -2.47. The van der Waals surface area contributed by atoms with Crippen LogP contribution in [-0.4, -0.2) is 33.6 Å². The molecule has 0 aliphatic carbocycles. The maximum absolute atomic E-state index is 13.6. The molecule has 0 saturated heterocycles. The van der Waals surface area contributed by atoms with E-state index in [1.807, 2.05) is 24.3 Å². The van der Waals surface area contributed by atoms with Gasteiger partial charge < -0.3 is 14.8 Å². The summed E-state index contributed by atoms with van der Waals surface area (Å²) in [7, 11) is -2.50. The lowest BCUT2D eigenvalue weighted by atomic mass is 9.83. The Morgan fingerprint density at radius 2 is 1.64 bits per heavy atom. The van der Waals surface area contributed by atoms with E-state index in [0.29, 0.717) is 17.9 Å². The summed E-state index contributed by atoms with van der Waals surface area (Å²) in [6.45, 7) is 3.80. The van der Waals surface area contributed by atoms with Crippen molar-refractivity contribution in [3.8, 4) is 11.5 Å². The van der Waals surface area contributed by atoms with Crippen LogP contribution in [0.4, 0.5) is 5.69 Å². The second kappa shape index (κ2) is 10.6. The van der Waals surface area contributed by atoms with Gasteiger partial charge in [0, 0.05) is 12.0 Å². The summed E-state index contributed by atoms with van der Waals surface area (Å²) in [5.41, 5.74) is 0.917. The van der Waals surface area contributed by atoms with Crippen molar-refractivity contribution in [3.05, 3.63) is 84.4 Å². The van der Waals surface area contributed by atoms with Crippen molar-refractivity contribution in [2.75, 3.05) is 18.0 Å². The van der Waals surface area contributed by atoms with E-state index < -0.39 is 15.9 Å². The Morgan fingerprint density at radius 3 is 2.28 bits per heavy atom. The fraction of sp³-hybridized carbons (Fsp3) is 0.321. The number of carbonyl (C=O) groups excluding carboxylic acids is 1. The average molecular weight is 509 g/mol. The molecule has 36 heavy (non-hydrogen) atoms. The maximum atomic E-state index is 13.6. The van der Waals surface area contributed by atoms with Crippen LogP contribution >= 0.6 is 0 Å². The van der Waals surface area contributed by atoms with Crippen LogP contribution < -0.4 is 19.1 Å². The number of sulfonamides is 1. The van der Waals surface area contributed by atoms with Gasteiger partial charge in [-0.05, 0) is 55.3 Å². The van der Waals surface area contributed by atoms with E-state index >= 15 is 0 Å². The summed E-state index contributed by atoms with van der Waals surface area (Å²) in [5, 5.41) is 3.10. The van der Waals surface area contributed by atoms with Crippen LogP contribution in [0.25, 0.3) is 0 Å². The topological polar surface area (TPSA) is 84.9 Å². The van der Waals surface area contributed by atoms with Gasteiger partial charge in [0.05, 0.1) is 23.7 Å².